The maximum Gasteiger partial charge on any atom is 0.0947 e. The van der Waals surface area contributed by atoms with Gasteiger partial charge in [-0.25, -0.2) is 4.98 Å². The van der Waals surface area contributed by atoms with E-state index < -0.39 is 0 Å². The SMILES string of the molecule is CC(C)CCC(NN)c1cn(C)cn1. The van der Waals surface area contributed by atoms with Gasteiger partial charge in [-0.1, -0.05) is 13.8 Å². The lowest BCUT2D eigenvalue weighted by atomic mass is 10.0. The Labute approximate surface area is 85.5 Å². The van der Waals surface area contributed by atoms with Gasteiger partial charge in [0, 0.05) is 13.2 Å². The van der Waals surface area contributed by atoms with Gasteiger partial charge in [0.2, 0.25) is 0 Å². The molecule has 80 valence electrons. The zero-order valence-corrected chi connectivity index (χ0v) is 9.20. The number of hydrazine groups is 1. The Kier molecular flexibility index (Phi) is 4.10. The van der Waals surface area contributed by atoms with Gasteiger partial charge in [0.1, 0.15) is 0 Å². The molecule has 0 fully saturated rings. The number of nitrogens with one attached hydrogen (secondary N) is 1. The Morgan fingerprint density at radius 3 is 2.64 bits per heavy atom. The molecule has 0 saturated heterocycles. The quantitative estimate of drug-likeness (QED) is 0.552. The third-order valence-corrected chi connectivity index (χ3v) is 2.32. The van der Waals surface area contributed by atoms with Gasteiger partial charge in [-0.3, -0.25) is 11.3 Å². The van der Waals surface area contributed by atoms with E-state index in [9.17, 15) is 0 Å². The average molecular weight is 196 g/mol. The molecule has 1 atom stereocenters. The Morgan fingerprint density at radius 1 is 1.50 bits per heavy atom. The first kappa shape index (κ1) is 11.2. The normalized spacial score (nSPS) is 13.5. The number of rotatable bonds is 5. The third-order valence-electron chi connectivity index (χ3n) is 2.32. The zero-order chi connectivity index (χ0) is 10.6. The molecule has 1 rings (SSSR count). The predicted octanol–water partition coefficient (Wildman–Crippen LogP) is 1.36. The van der Waals surface area contributed by atoms with Gasteiger partial charge in [-0.15, -0.1) is 0 Å². The van der Waals surface area contributed by atoms with Gasteiger partial charge in [0.25, 0.3) is 0 Å². The highest BCUT2D eigenvalue weighted by Gasteiger charge is 2.12. The van der Waals surface area contributed by atoms with E-state index in [4.69, 9.17) is 5.84 Å². The van der Waals surface area contributed by atoms with Crippen LogP contribution in [0.25, 0.3) is 0 Å². The van der Waals surface area contributed by atoms with Crippen LogP contribution in [0.5, 0.6) is 0 Å². The van der Waals surface area contributed by atoms with Gasteiger partial charge >= 0.3 is 0 Å². The van der Waals surface area contributed by atoms with Crippen LogP contribution in [0.15, 0.2) is 12.5 Å². The van der Waals surface area contributed by atoms with E-state index in [2.05, 4.69) is 24.3 Å². The maximum atomic E-state index is 5.50. The summed E-state index contributed by atoms with van der Waals surface area (Å²) in [7, 11) is 1.96. The van der Waals surface area contributed by atoms with Crippen LogP contribution in [-0.2, 0) is 7.05 Å². The number of nitrogens with zero attached hydrogens (tertiary/aromatic N) is 2. The first-order valence-electron chi connectivity index (χ1n) is 5.07. The molecule has 0 spiro atoms. The third kappa shape index (κ3) is 3.12. The highest BCUT2D eigenvalue weighted by molar-refractivity contribution is 5.02. The van der Waals surface area contributed by atoms with Crippen molar-refractivity contribution >= 4 is 0 Å². The fourth-order valence-electron chi connectivity index (χ4n) is 1.43. The molecule has 0 aliphatic heterocycles. The predicted molar refractivity (Wildman–Crippen MR) is 57.3 cm³/mol. The lowest BCUT2D eigenvalue weighted by Crippen LogP contribution is -2.28. The van der Waals surface area contributed by atoms with Crippen LogP contribution < -0.4 is 11.3 Å². The van der Waals surface area contributed by atoms with Crippen molar-refractivity contribution in [3.8, 4) is 0 Å². The average Bonchev–Trinajstić information content (AvgIpc) is 2.53. The van der Waals surface area contributed by atoms with Crippen LogP contribution in [-0.4, -0.2) is 9.55 Å². The second-order valence-corrected chi connectivity index (χ2v) is 4.15. The van der Waals surface area contributed by atoms with Crippen molar-refractivity contribution in [2.24, 2.45) is 18.8 Å². The minimum atomic E-state index is 0.179. The van der Waals surface area contributed by atoms with Crippen molar-refractivity contribution < 1.29 is 0 Å². The summed E-state index contributed by atoms with van der Waals surface area (Å²) in [4.78, 5) is 4.29. The van der Waals surface area contributed by atoms with Crippen molar-refractivity contribution in [2.45, 2.75) is 32.7 Å². The van der Waals surface area contributed by atoms with E-state index in [0.717, 1.165) is 18.5 Å². The molecule has 1 heterocycles. The molecule has 0 saturated carbocycles. The molecule has 0 radical (unpaired) electrons. The number of imidazole rings is 1. The zero-order valence-electron chi connectivity index (χ0n) is 9.20. The summed E-state index contributed by atoms with van der Waals surface area (Å²) in [5, 5.41) is 0. The monoisotopic (exact) mass is 196 g/mol. The fraction of sp³-hybridized carbons (Fsp3) is 0.700. The molecule has 0 aromatic carbocycles. The van der Waals surface area contributed by atoms with Crippen molar-refractivity contribution in [1.82, 2.24) is 15.0 Å². The summed E-state index contributed by atoms with van der Waals surface area (Å²) in [6, 6.07) is 0.179. The summed E-state index contributed by atoms with van der Waals surface area (Å²) < 4.78 is 1.94. The molecule has 3 N–H and O–H groups in total. The smallest absolute Gasteiger partial charge is 0.0947 e. The Morgan fingerprint density at radius 2 is 2.21 bits per heavy atom. The van der Waals surface area contributed by atoms with Gasteiger partial charge in [-0.05, 0) is 18.8 Å². The Balaban J connectivity index is 2.54. The summed E-state index contributed by atoms with van der Waals surface area (Å²) in [5.41, 5.74) is 3.83. The van der Waals surface area contributed by atoms with Crippen LogP contribution in [0.3, 0.4) is 0 Å². The van der Waals surface area contributed by atoms with Gasteiger partial charge in [0.15, 0.2) is 0 Å². The molecule has 0 bridgehead atoms. The molecule has 0 aliphatic carbocycles. The summed E-state index contributed by atoms with van der Waals surface area (Å²) in [5.74, 6) is 6.20. The highest BCUT2D eigenvalue weighted by Crippen LogP contribution is 2.18. The van der Waals surface area contributed by atoms with Crippen LogP contribution >= 0.6 is 0 Å². The molecular weight excluding hydrogens is 176 g/mol. The number of nitrogens with two attached hydrogens (primary N) is 1. The van der Waals surface area contributed by atoms with Crippen LogP contribution in [0.1, 0.15) is 38.4 Å². The molecule has 1 aromatic heterocycles. The van der Waals surface area contributed by atoms with Crippen LogP contribution in [0.4, 0.5) is 0 Å². The largest absolute Gasteiger partial charge is 0.340 e. The summed E-state index contributed by atoms with van der Waals surface area (Å²) in [6.45, 7) is 4.43. The number of hydrogen-bond donors (Lipinski definition) is 2. The van der Waals surface area contributed by atoms with Crippen LogP contribution in [0.2, 0.25) is 0 Å². The maximum absolute atomic E-state index is 5.50. The molecule has 0 aliphatic rings. The lowest BCUT2D eigenvalue weighted by molar-refractivity contribution is 0.442. The lowest BCUT2D eigenvalue weighted by Gasteiger charge is -2.14. The minimum Gasteiger partial charge on any atom is -0.340 e. The molecule has 1 aromatic rings. The second kappa shape index (κ2) is 5.12. The van der Waals surface area contributed by atoms with Crippen molar-refractivity contribution in [1.29, 1.82) is 0 Å². The van der Waals surface area contributed by atoms with Crippen molar-refractivity contribution in [3.05, 3.63) is 18.2 Å². The molecule has 14 heavy (non-hydrogen) atoms. The van der Waals surface area contributed by atoms with E-state index in [1.807, 2.05) is 17.8 Å². The van der Waals surface area contributed by atoms with Crippen LogP contribution in [0, 0.1) is 5.92 Å². The van der Waals surface area contributed by atoms with E-state index >= 15 is 0 Å². The Hall–Kier alpha value is -0.870. The fourth-order valence-corrected chi connectivity index (χ4v) is 1.43. The minimum absolute atomic E-state index is 0.179. The van der Waals surface area contributed by atoms with E-state index in [1.165, 1.54) is 0 Å². The topological polar surface area (TPSA) is 55.9 Å². The number of aryl methyl sites for hydroxylation is 1. The van der Waals surface area contributed by atoms with Gasteiger partial charge in [-0.2, -0.15) is 0 Å². The Bertz CT molecular complexity index is 267. The molecule has 1 unspecified atom stereocenters. The molecule has 4 heteroatoms. The van der Waals surface area contributed by atoms with E-state index in [-0.39, 0.29) is 6.04 Å². The van der Waals surface area contributed by atoms with Crippen molar-refractivity contribution in [3.63, 3.8) is 0 Å². The molecular formula is C10H20N4. The van der Waals surface area contributed by atoms with Gasteiger partial charge in [0.05, 0.1) is 18.1 Å². The molecule has 4 nitrogen and oxygen atoms in total. The second-order valence-electron chi connectivity index (χ2n) is 4.15. The van der Waals surface area contributed by atoms with Gasteiger partial charge < -0.3 is 4.57 Å². The molecule has 0 amide bonds. The number of hydrogen-bond acceptors (Lipinski definition) is 3. The van der Waals surface area contributed by atoms with Crippen molar-refractivity contribution in [2.75, 3.05) is 0 Å². The highest BCUT2D eigenvalue weighted by atomic mass is 15.2. The van der Waals surface area contributed by atoms with E-state index in [0.29, 0.717) is 5.92 Å². The van der Waals surface area contributed by atoms with E-state index in [1.54, 1.807) is 6.33 Å². The standard InChI is InChI=1S/C10H20N4/c1-8(2)4-5-9(13-11)10-6-14(3)7-12-10/h6-9,13H,4-5,11H2,1-3H3. The number of aromatic nitrogens is 2. The first-order chi connectivity index (χ1) is 6.63. The summed E-state index contributed by atoms with van der Waals surface area (Å²) in [6.07, 6.45) is 6.00. The summed E-state index contributed by atoms with van der Waals surface area (Å²) >= 11 is 0. The first-order valence-corrected chi connectivity index (χ1v) is 5.07.